The Labute approximate surface area is 169 Å². The van der Waals surface area contributed by atoms with Crippen LogP contribution >= 0.6 is 15.9 Å². The van der Waals surface area contributed by atoms with E-state index in [1.807, 2.05) is 0 Å². The van der Waals surface area contributed by atoms with Crippen LogP contribution in [-0.4, -0.2) is 37.7 Å². The number of benzene rings is 1. The summed E-state index contributed by atoms with van der Waals surface area (Å²) in [6, 6.07) is 3.66. The number of alkyl halides is 3. The molecule has 0 atom stereocenters. The van der Waals surface area contributed by atoms with E-state index in [1.165, 1.54) is 12.1 Å². The zero-order valence-corrected chi connectivity index (χ0v) is 17.5. The molecule has 0 unspecified atom stereocenters. The fourth-order valence-corrected chi connectivity index (χ4v) is 3.05. The number of hydrogen-bond donors (Lipinski definition) is 0. The lowest BCUT2D eigenvalue weighted by molar-refractivity contribution is -0.173. The lowest BCUT2D eigenvalue weighted by Crippen LogP contribution is -2.41. The molecule has 0 bridgehead atoms. The Bertz CT molecular complexity index is 733. The van der Waals surface area contributed by atoms with E-state index in [-0.39, 0.29) is 17.6 Å². The van der Waals surface area contributed by atoms with Crippen LogP contribution < -0.4 is 0 Å². The SMILES string of the molecule is CC1(C)OB(C(F)=C(CCOCC(F)(F)F)c2cc(F)ccc2Br)OC1(C)C. The maximum Gasteiger partial charge on any atom is 0.525 e. The molecule has 0 saturated carbocycles. The summed E-state index contributed by atoms with van der Waals surface area (Å²) in [5.74, 6) is -0.617. The van der Waals surface area contributed by atoms with E-state index >= 15 is 4.39 Å². The van der Waals surface area contributed by atoms with Gasteiger partial charge in [0.2, 0.25) is 0 Å². The van der Waals surface area contributed by atoms with E-state index in [4.69, 9.17) is 9.31 Å². The molecule has 1 saturated heterocycles. The van der Waals surface area contributed by atoms with Gasteiger partial charge in [0.1, 0.15) is 18.2 Å². The molecule has 1 aromatic rings. The van der Waals surface area contributed by atoms with Gasteiger partial charge in [0.05, 0.1) is 17.8 Å². The highest BCUT2D eigenvalue weighted by molar-refractivity contribution is 9.10. The molecule has 0 aromatic heterocycles. The number of ether oxygens (including phenoxy) is 1. The minimum atomic E-state index is -4.49. The number of halogens is 6. The van der Waals surface area contributed by atoms with E-state index in [1.54, 1.807) is 27.7 Å². The van der Waals surface area contributed by atoms with Crippen LogP contribution in [0.4, 0.5) is 22.0 Å². The summed E-state index contributed by atoms with van der Waals surface area (Å²) in [6.07, 6.45) is -4.72. The highest BCUT2D eigenvalue weighted by Gasteiger charge is 2.53. The molecule has 1 aliphatic rings. The van der Waals surface area contributed by atoms with Crippen molar-refractivity contribution in [1.29, 1.82) is 0 Å². The summed E-state index contributed by atoms with van der Waals surface area (Å²) >= 11 is 3.22. The molecule has 10 heteroatoms. The summed E-state index contributed by atoms with van der Waals surface area (Å²) in [7, 11) is -1.36. The summed E-state index contributed by atoms with van der Waals surface area (Å²) in [6.45, 7) is 5.09. The average molecular weight is 471 g/mol. The third kappa shape index (κ3) is 5.55. The van der Waals surface area contributed by atoms with Gasteiger partial charge >= 0.3 is 13.3 Å². The topological polar surface area (TPSA) is 27.7 Å². The summed E-state index contributed by atoms with van der Waals surface area (Å²) in [4.78, 5) is 0. The van der Waals surface area contributed by atoms with Gasteiger partial charge in [-0.2, -0.15) is 13.2 Å². The molecular weight excluding hydrogens is 450 g/mol. The Kier molecular flexibility index (Phi) is 7.01. The van der Waals surface area contributed by atoms with Crippen molar-refractivity contribution in [2.24, 2.45) is 0 Å². The predicted molar refractivity (Wildman–Crippen MR) is 99.7 cm³/mol. The van der Waals surface area contributed by atoms with E-state index in [0.29, 0.717) is 4.47 Å². The van der Waals surface area contributed by atoms with Crippen molar-refractivity contribution in [2.75, 3.05) is 13.2 Å². The molecule has 1 fully saturated rings. The quantitative estimate of drug-likeness (QED) is 0.295. The van der Waals surface area contributed by atoms with Crippen LogP contribution in [0.1, 0.15) is 39.7 Å². The normalized spacial score (nSPS) is 19.7. The van der Waals surface area contributed by atoms with Gasteiger partial charge in [-0.05, 0) is 63.5 Å². The second kappa shape index (κ2) is 8.42. The summed E-state index contributed by atoms with van der Waals surface area (Å²) < 4.78 is 82.2. The van der Waals surface area contributed by atoms with E-state index in [9.17, 15) is 17.6 Å². The van der Waals surface area contributed by atoms with Crippen molar-refractivity contribution in [3.63, 3.8) is 0 Å². The van der Waals surface area contributed by atoms with Crippen molar-refractivity contribution < 1.29 is 36.0 Å². The van der Waals surface area contributed by atoms with Crippen molar-refractivity contribution in [1.82, 2.24) is 0 Å². The van der Waals surface area contributed by atoms with Crippen LogP contribution in [-0.2, 0) is 14.0 Å². The molecule has 1 aromatic carbocycles. The fourth-order valence-electron chi connectivity index (χ4n) is 2.56. The van der Waals surface area contributed by atoms with E-state index in [0.717, 1.165) is 6.07 Å². The van der Waals surface area contributed by atoms with Crippen LogP contribution in [0.3, 0.4) is 0 Å². The van der Waals surface area contributed by atoms with Crippen LogP contribution in [0.25, 0.3) is 5.57 Å². The van der Waals surface area contributed by atoms with Crippen molar-refractivity contribution in [2.45, 2.75) is 51.5 Å². The third-order valence-corrected chi connectivity index (χ3v) is 5.46. The highest BCUT2D eigenvalue weighted by Crippen LogP contribution is 2.41. The lowest BCUT2D eigenvalue weighted by atomic mass is 9.82. The van der Waals surface area contributed by atoms with E-state index < -0.39 is 49.3 Å². The molecule has 1 aliphatic heterocycles. The van der Waals surface area contributed by atoms with Gasteiger partial charge in [-0.1, -0.05) is 15.9 Å². The van der Waals surface area contributed by atoms with Gasteiger partial charge < -0.3 is 14.0 Å². The molecule has 1 heterocycles. The van der Waals surface area contributed by atoms with Crippen LogP contribution in [0.15, 0.2) is 28.4 Å². The minimum absolute atomic E-state index is 0.0490. The van der Waals surface area contributed by atoms with Crippen LogP contribution in [0.2, 0.25) is 0 Å². The third-order valence-electron chi connectivity index (χ3n) is 4.76. The van der Waals surface area contributed by atoms with Gasteiger partial charge in [-0.15, -0.1) is 0 Å². The van der Waals surface area contributed by atoms with Crippen molar-refractivity contribution in [3.05, 3.63) is 39.8 Å². The molecule has 3 nitrogen and oxygen atoms in total. The largest absolute Gasteiger partial charge is 0.525 e. The molecule has 0 N–H and O–H groups in total. The van der Waals surface area contributed by atoms with E-state index in [2.05, 4.69) is 20.7 Å². The minimum Gasteiger partial charge on any atom is -0.398 e. The Morgan fingerprint density at radius 2 is 1.71 bits per heavy atom. The average Bonchev–Trinajstić information content (AvgIpc) is 2.77. The predicted octanol–water partition coefficient (Wildman–Crippen LogP) is 5.87. The molecule has 0 radical (unpaired) electrons. The van der Waals surface area contributed by atoms with Gasteiger partial charge in [0, 0.05) is 4.47 Å². The lowest BCUT2D eigenvalue weighted by Gasteiger charge is -2.32. The van der Waals surface area contributed by atoms with Gasteiger partial charge in [0.15, 0.2) is 0 Å². The summed E-state index contributed by atoms with van der Waals surface area (Å²) in [5.41, 5.74) is -2.35. The molecular formula is C18H21BBrF5O3. The Morgan fingerprint density at radius 3 is 2.25 bits per heavy atom. The maximum absolute atomic E-state index is 15.3. The molecule has 0 amide bonds. The highest BCUT2D eigenvalue weighted by atomic mass is 79.9. The first-order chi connectivity index (χ1) is 12.7. The van der Waals surface area contributed by atoms with Gasteiger partial charge in [-0.25, -0.2) is 8.78 Å². The van der Waals surface area contributed by atoms with Crippen LogP contribution in [0.5, 0.6) is 0 Å². The zero-order chi connectivity index (χ0) is 21.3. The molecule has 0 spiro atoms. The second-order valence-corrected chi connectivity index (χ2v) is 8.31. The Morgan fingerprint density at radius 1 is 1.14 bits per heavy atom. The fraction of sp³-hybridized carbons (Fsp3) is 0.556. The molecule has 156 valence electrons. The Balaban J connectivity index is 2.34. The smallest absolute Gasteiger partial charge is 0.398 e. The Hall–Kier alpha value is -0.965. The monoisotopic (exact) mass is 470 g/mol. The van der Waals surface area contributed by atoms with Gasteiger partial charge in [0.25, 0.3) is 0 Å². The number of hydrogen-bond acceptors (Lipinski definition) is 3. The van der Waals surface area contributed by atoms with Crippen molar-refractivity contribution in [3.8, 4) is 0 Å². The maximum atomic E-state index is 15.3. The molecule has 28 heavy (non-hydrogen) atoms. The number of rotatable bonds is 6. The standard InChI is InChI=1S/C18H21BBrF5O3/c1-16(2)17(3,4)28-19(27-16)15(22)12(7-8-26-10-18(23,24)25)13-9-11(21)5-6-14(13)20/h5-6,9H,7-8,10H2,1-4H3. The zero-order valence-electron chi connectivity index (χ0n) is 15.9. The molecule has 2 rings (SSSR count). The molecule has 0 aliphatic carbocycles. The first kappa shape index (κ1) is 23.3. The second-order valence-electron chi connectivity index (χ2n) is 7.46. The summed E-state index contributed by atoms with van der Waals surface area (Å²) in [5, 5.41) is 0. The first-order valence-corrected chi connectivity index (χ1v) is 9.37. The first-order valence-electron chi connectivity index (χ1n) is 8.57. The van der Waals surface area contributed by atoms with Crippen LogP contribution in [0, 0.1) is 5.82 Å². The van der Waals surface area contributed by atoms with Gasteiger partial charge in [-0.3, -0.25) is 0 Å². The van der Waals surface area contributed by atoms with Crippen molar-refractivity contribution >= 4 is 28.6 Å².